The third-order valence-electron chi connectivity index (χ3n) is 2.50. The minimum atomic E-state index is -0.825. The minimum Gasteiger partial charge on any atom is -0.597 e. The molecule has 0 aromatic rings. The smallest absolute Gasteiger partial charge is 0.137 e. The first kappa shape index (κ1) is 11.3. The first-order valence-electron chi connectivity index (χ1n) is 4.97. The normalized spacial score (nSPS) is 36.5. The van der Waals surface area contributed by atoms with Crippen LogP contribution >= 0.6 is 0 Å². The van der Waals surface area contributed by atoms with E-state index < -0.39 is 11.4 Å². The van der Waals surface area contributed by atoms with E-state index in [1.54, 1.807) is 0 Å². The van der Waals surface area contributed by atoms with Crippen LogP contribution in [0.25, 0.3) is 0 Å². The predicted octanol–water partition coefficient (Wildman–Crippen LogP) is 2.18. The van der Waals surface area contributed by atoms with Gasteiger partial charge in [0.15, 0.2) is 0 Å². The van der Waals surface area contributed by atoms with Gasteiger partial charge in [-0.05, 0) is 33.6 Å². The first-order valence-corrected chi connectivity index (χ1v) is 6.08. The second-order valence-electron chi connectivity index (χ2n) is 5.20. The van der Waals surface area contributed by atoms with Crippen LogP contribution in [-0.2, 0) is 11.4 Å². The van der Waals surface area contributed by atoms with Gasteiger partial charge in [-0.2, -0.15) is 0 Å². The first-order chi connectivity index (χ1) is 5.76. The lowest BCUT2D eigenvalue weighted by Gasteiger charge is -2.24. The van der Waals surface area contributed by atoms with Crippen LogP contribution in [-0.4, -0.2) is 25.7 Å². The molecule has 4 unspecified atom stereocenters. The Bertz CT molecular complexity index is 188. The van der Waals surface area contributed by atoms with Crippen molar-refractivity contribution in [2.45, 2.75) is 58.4 Å². The summed E-state index contributed by atoms with van der Waals surface area (Å²) in [5, 5.41) is 0. The lowest BCUT2D eigenvalue weighted by Crippen LogP contribution is -2.35. The number of hydrogen-bond acceptors (Lipinski definition) is 2. The molecule has 0 aromatic heterocycles. The van der Waals surface area contributed by atoms with Gasteiger partial charge in [0.05, 0.1) is 12.1 Å². The Labute approximate surface area is 85.0 Å². The summed E-state index contributed by atoms with van der Waals surface area (Å²) in [5.41, 5.74) is 0. The fourth-order valence-corrected chi connectivity index (χ4v) is 3.42. The third-order valence-corrected chi connectivity index (χ3v) is 4.50. The van der Waals surface area contributed by atoms with E-state index in [0.29, 0.717) is 18.0 Å². The average molecular weight is 203 g/mol. The Hall–Kier alpha value is 0.270. The Morgan fingerprint density at radius 1 is 1.31 bits per heavy atom. The van der Waals surface area contributed by atoms with Crippen LogP contribution in [0.3, 0.4) is 0 Å². The molecule has 0 amide bonds. The molecule has 1 aliphatic rings. The monoisotopic (exact) mass is 203 g/mol. The maximum atomic E-state index is 12.0. The van der Waals surface area contributed by atoms with Crippen LogP contribution < -0.4 is 0 Å². The Morgan fingerprint density at radius 2 is 1.77 bits per heavy atom. The molecule has 0 spiro atoms. The highest BCUT2D eigenvalue weighted by Crippen LogP contribution is 2.40. The molecule has 4 atom stereocenters. The molecule has 1 fully saturated rings. The molecule has 1 aliphatic heterocycles. The van der Waals surface area contributed by atoms with Gasteiger partial charge in [0.2, 0.25) is 0 Å². The van der Waals surface area contributed by atoms with Crippen LogP contribution in [0.5, 0.6) is 0 Å². The fourth-order valence-electron chi connectivity index (χ4n) is 1.77. The van der Waals surface area contributed by atoms with E-state index in [2.05, 4.69) is 25.1 Å². The van der Waals surface area contributed by atoms with Crippen molar-refractivity contribution in [3.63, 3.8) is 0 Å². The van der Waals surface area contributed by atoms with Crippen molar-refractivity contribution >= 4 is 11.4 Å². The Morgan fingerprint density at radius 3 is 2.00 bits per heavy atom. The summed E-state index contributed by atoms with van der Waals surface area (Å²) in [6.45, 7) is 12.7. The van der Waals surface area contributed by atoms with Gasteiger partial charge in [0.1, 0.15) is 4.75 Å². The molecular formula is C10H21NOS. The van der Waals surface area contributed by atoms with Gasteiger partial charge >= 0.3 is 0 Å². The van der Waals surface area contributed by atoms with E-state index in [-0.39, 0.29) is 4.75 Å². The molecule has 3 heteroatoms. The molecular weight excluding hydrogens is 182 g/mol. The van der Waals surface area contributed by atoms with Crippen LogP contribution in [0.1, 0.15) is 41.5 Å². The van der Waals surface area contributed by atoms with E-state index in [9.17, 15) is 4.55 Å². The summed E-state index contributed by atoms with van der Waals surface area (Å²) >= 11 is -0.825. The van der Waals surface area contributed by atoms with Crippen molar-refractivity contribution in [1.82, 2.24) is 4.31 Å². The van der Waals surface area contributed by atoms with Gasteiger partial charge < -0.3 is 4.55 Å². The topological polar surface area (TPSA) is 26.1 Å². The van der Waals surface area contributed by atoms with E-state index >= 15 is 0 Å². The van der Waals surface area contributed by atoms with Gasteiger partial charge in [-0.1, -0.05) is 13.8 Å². The molecule has 1 rings (SSSR count). The van der Waals surface area contributed by atoms with Crippen LogP contribution in [0.15, 0.2) is 0 Å². The zero-order chi connectivity index (χ0) is 10.4. The van der Waals surface area contributed by atoms with Crippen molar-refractivity contribution in [2.24, 2.45) is 5.92 Å². The molecule has 0 saturated carbocycles. The zero-order valence-corrected chi connectivity index (χ0v) is 10.3. The van der Waals surface area contributed by atoms with E-state index in [4.69, 9.17) is 0 Å². The van der Waals surface area contributed by atoms with Crippen LogP contribution in [0, 0.1) is 5.92 Å². The van der Waals surface area contributed by atoms with Gasteiger partial charge in [-0.3, -0.25) is 0 Å². The molecule has 2 nitrogen and oxygen atoms in total. The summed E-state index contributed by atoms with van der Waals surface area (Å²) in [6.07, 6.45) is 0. The van der Waals surface area contributed by atoms with Crippen molar-refractivity contribution in [3.8, 4) is 0 Å². The molecule has 13 heavy (non-hydrogen) atoms. The van der Waals surface area contributed by atoms with Gasteiger partial charge in [0, 0.05) is 11.4 Å². The molecule has 1 saturated heterocycles. The number of hydrogen-bond donors (Lipinski definition) is 0. The highest BCUT2D eigenvalue weighted by atomic mass is 32.2. The SMILES string of the molecule is CC(C)C1C(C)N1[S+]([O-])C(C)(C)C. The Kier molecular flexibility index (Phi) is 3.01. The Balaban J connectivity index is 2.57. The number of nitrogens with zero attached hydrogens (tertiary/aromatic N) is 1. The fraction of sp³-hybridized carbons (Fsp3) is 1.00. The van der Waals surface area contributed by atoms with Crippen molar-refractivity contribution in [3.05, 3.63) is 0 Å². The van der Waals surface area contributed by atoms with Crippen molar-refractivity contribution in [2.75, 3.05) is 0 Å². The summed E-state index contributed by atoms with van der Waals surface area (Å²) < 4.78 is 14.0. The standard InChI is InChI=1S/C10H21NOS/c1-7(2)9-8(3)11(9)13(12)10(4,5)6/h7-9H,1-6H3. The van der Waals surface area contributed by atoms with Gasteiger partial charge in [-0.25, -0.2) is 0 Å². The zero-order valence-electron chi connectivity index (χ0n) is 9.50. The highest BCUT2D eigenvalue weighted by Gasteiger charge is 2.57. The number of rotatable bonds is 2. The quantitative estimate of drug-likeness (QED) is 0.508. The molecule has 1 heterocycles. The van der Waals surface area contributed by atoms with Crippen LogP contribution in [0.2, 0.25) is 0 Å². The minimum absolute atomic E-state index is 0.113. The predicted molar refractivity (Wildman–Crippen MR) is 57.8 cm³/mol. The maximum Gasteiger partial charge on any atom is 0.137 e. The highest BCUT2D eigenvalue weighted by molar-refractivity contribution is 7.90. The van der Waals surface area contributed by atoms with Gasteiger partial charge in [0.25, 0.3) is 0 Å². The van der Waals surface area contributed by atoms with Crippen molar-refractivity contribution < 1.29 is 4.55 Å². The van der Waals surface area contributed by atoms with E-state index in [0.717, 1.165) is 0 Å². The van der Waals surface area contributed by atoms with E-state index in [1.807, 2.05) is 20.8 Å². The second kappa shape index (κ2) is 3.44. The summed E-state index contributed by atoms with van der Waals surface area (Å²) in [6, 6.07) is 1.03. The van der Waals surface area contributed by atoms with Crippen LogP contribution in [0.4, 0.5) is 0 Å². The molecule has 0 aromatic carbocycles. The largest absolute Gasteiger partial charge is 0.597 e. The van der Waals surface area contributed by atoms with E-state index in [1.165, 1.54) is 0 Å². The molecule has 0 bridgehead atoms. The maximum absolute atomic E-state index is 12.0. The molecule has 78 valence electrons. The lowest BCUT2D eigenvalue weighted by atomic mass is 10.1. The van der Waals surface area contributed by atoms with Crippen molar-refractivity contribution in [1.29, 1.82) is 0 Å². The molecule has 0 aliphatic carbocycles. The summed E-state index contributed by atoms with van der Waals surface area (Å²) in [7, 11) is 0. The van der Waals surface area contributed by atoms with Gasteiger partial charge in [-0.15, -0.1) is 4.31 Å². The second-order valence-corrected chi connectivity index (χ2v) is 7.34. The molecule has 0 radical (unpaired) electrons. The summed E-state index contributed by atoms with van der Waals surface area (Å²) in [4.78, 5) is 0. The lowest BCUT2D eigenvalue weighted by molar-refractivity contribution is 0.490. The summed E-state index contributed by atoms with van der Waals surface area (Å²) in [5.74, 6) is 0.612. The third kappa shape index (κ3) is 2.20. The molecule has 0 N–H and O–H groups in total. The average Bonchev–Trinajstić information content (AvgIpc) is 2.57.